The second kappa shape index (κ2) is 9.11. The highest BCUT2D eigenvalue weighted by Crippen LogP contribution is 2.41. The van der Waals surface area contributed by atoms with Crippen LogP contribution in [-0.4, -0.2) is 63.0 Å². The SMILES string of the molecule is COC1(CNC2CCN(c3nc4c(C(C)C)c(-c5cn6ncnc6c(C)c5C)[nH]c4s3)CC2)CCC1. The Bertz CT molecular complexity index is 1380. The predicted molar refractivity (Wildman–Crippen MR) is 146 cm³/mol. The van der Waals surface area contributed by atoms with Gasteiger partial charge in [0.15, 0.2) is 10.8 Å². The molecule has 9 heteroatoms. The largest absolute Gasteiger partial charge is 0.377 e. The number of ether oxygens (including phenoxy) is 1. The summed E-state index contributed by atoms with van der Waals surface area (Å²) in [4.78, 5) is 17.0. The molecule has 1 saturated carbocycles. The van der Waals surface area contributed by atoms with Gasteiger partial charge in [0, 0.05) is 50.1 Å². The first-order valence-electron chi connectivity index (χ1n) is 13.2. The van der Waals surface area contributed by atoms with Crippen LogP contribution in [-0.2, 0) is 4.74 Å². The summed E-state index contributed by atoms with van der Waals surface area (Å²) in [6, 6.07) is 0.564. The van der Waals surface area contributed by atoms with Crippen LogP contribution in [0.25, 0.3) is 27.3 Å². The molecule has 2 fully saturated rings. The van der Waals surface area contributed by atoms with Crippen LogP contribution in [0.2, 0.25) is 0 Å². The van der Waals surface area contributed by atoms with Crippen molar-refractivity contribution in [1.82, 2.24) is 29.9 Å². The highest BCUT2D eigenvalue weighted by Gasteiger charge is 2.37. The van der Waals surface area contributed by atoms with Gasteiger partial charge < -0.3 is 19.9 Å². The number of nitrogens with zero attached hydrogens (tertiary/aromatic N) is 5. The van der Waals surface area contributed by atoms with Gasteiger partial charge in [-0.2, -0.15) is 5.10 Å². The van der Waals surface area contributed by atoms with Gasteiger partial charge in [0.2, 0.25) is 0 Å². The van der Waals surface area contributed by atoms with Crippen molar-refractivity contribution < 1.29 is 4.74 Å². The normalized spacial score (nSPS) is 18.6. The van der Waals surface area contributed by atoms with E-state index in [1.54, 1.807) is 17.7 Å². The van der Waals surface area contributed by atoms with Crippen molar-refractivity contribution in [1.29, 1.82) is 0 Å². The van der Waals surface area contributed by atoms with E-state index in [0.29, 0.717) is 12.0 Å². The number of piperidine rings is 1. The maximum Gasteiger partial charge on any atom is 0.187 e. The van der Waals surface area contributed by atoms with Crippen LogP contribution >= 0.6 is 11.3 Å². The van der Waals surface area contributed by atoms with E-state index in [1.165, 1.54) is 36.0 Å². The fourth-order valence-corrected chi connectivity index (χ4v) is 6.91. The second-order valence-corrected chi connectivity index (χ2v) is 11.9. The zero-order valence-corrected chi connectivity index (χ0v) is 22.8. The molecule has 6 rings (SSSR count). The molecule has 1 saturated heterocycles. The van der Waals surface area contributed by atoms with E-state index >= 15 is 0 Å². The lowest BCUT2D eigenvalue weighted by Crippen LogP contribution is -2.52. The summed E-state index contributed by atoms with van der Waals surface area (Å²) in [6.45, 7) is 11.9. The summed E-state index contributed by atoms with van der Waals surface area (Å²) in [5.41, 5.74) is 8.14. The molecule has 192 valence electrons. The van der Waals surface area contributed by atoms with Gasteiger partial charge in [0.05, 0.1) is 11.3 Å². The molecular formula is C27H37N7OS. The van der Waals surface area contributed by atoms with Crippen molar-refractivity contribution in [2.75, 3.05) is 31.6 Å². The van der Waals surface area contributed by atoms with Crippen LogP contribution in [0.4, 0.5) is 5.13 Å². The number of pyridine rings is 1. The molecule has 0 spiro atoms. The predicted octanol–water partition coefficient (Wildman–Crippen LogP) is 5.20. The van der Waals surface area contributed by atoms with E-state index < -0.39 is 0 Å². The smallest absolute Gasteiger partial charge is 0.187 e. The number of fused-ring (bicyclic) bond motifs is 2. The monoisotopic (exact) mass is 507 g/mol. The fraction of sp³-hybridized carbons (Fsp3) is 0.593. The summed E-state index contributed by atoms with van der Waals surface area (Å²) in [7, 11) is 1.86. The number of aromatic nitrogens is 5. The molecule has 1 aliphatic carbocycles. The van der Waals surface area contributed by atoms with E-state index in [9.17, 15) is 0 Å². The number of methoxy groups -OCH3 is 1. The lowest BCUT2D eigenvalue weighted by molar-refractivity contribution is -0.0711. The zero-order chi connectivity index (χ0) is 25.0. The molecule has 4 aromatic rings. The molecular weight excluding hydrogens is 470 g/mol. The molecule has 0 atom stereocenters. The summed E-state index contributed by atoms with van der Waals surface area (Å²) in [6.07, 6.45) is 9.68. The molecule has 2 aliphatic rings. The quantitative estimate of drug-likeness (QED) is 0.358. The average Bonchev–Trinajstić information content (AvgIpc) is 3.55. The first-order chi connectivity index (χ1) is 17.4. The van der Waals surface area contributed by atoms with Crippen molar-refractivity contribution in [2.24, 2.45) is 0 Å². The highest BCUT2D eigenvalue weighted by molar-refractivity contribution is 7.21. The van der Waals surface area contributed by atoms with Crippen LogP contribution in [0.15, 0.2) is 12.5 Å². The molecule has 0 bridgehead atoms. The Morgan fingerprint density at radius 1 is 1.22 bits per heavy atom. The van der Waals surface area contributed by atoms with Crippen LogP contribution < -0.4 is 10.2 Å². The number of nitrogens with one attached hydrogen (secondary N) is 2. The van der Waals surface area contributed by atoms with Crippen LogP contribution in [0, 0.1) is 13.8 Å². The fourth-order valence-electron chi connectivity index (χ4n) is 5.87. The lowest BCUT2D eigenvalue weighted by Gasteiger charge is -2.42. The van der Waals surface area contributed by atoms with Crippen molar-refractivity contribution in [2.45, 2.75) is 77.4 Å². The Labute approximate surface area is 216 Å². The second-order valence-electron chi connectivity index (χ2n) is 10.9. The number of thiazole rings is 1. The number of H-pyrrole nitrogens is 1. The number of hydrogen-bond acceptors (Lipinski definition) is 7. The van der Waals surface area contributed by atoms with Crippen molar-refractivity contribution in [3.63, 3.8) is 0 Å². The minimum Gasteiger partial charge on any atom is -0.377 e. The van der Waals surface area contributed by atoms with Gasteiger partial charge in [-0.05, 0) is 63.0 Å². The van der Waals surface area contributed by atoms with Gasteiger partial charge >= 0.3 is 0 Å². The van der Waals surface area contributed by atoms with Gasteiger partial charge in [-0.1, -0.05) is 25.2 Å². The molecule has 4 aromatic heterocycles. The minimum absolute atomic E-state index is 0.0888. The summed E-state index contributed by atoms with van der Waals surface area (Å²) in [5, 5.41) is 9.33. The number of anilines is 1. The molecule has 2 N–H and O–H groups in total. The van der Waals surface area contributed by atoms with E-state index in [4.69, 9.17) is 9.72 Å². The third-order valence-corrected chi connectivity index (χ3v) is 9.56. The third kappa shape index (κ3) is 3.92. The Balaban J connectivity index is 1.23. The van der Waals surface area contributed by atoms with Crippen molar-refractivity contribution in [3.8, 4) is 11.3 Å². The molecule has 5 heterocycles. The first-order valence-corrected chi connectivity index (χ1v) is 14.1. The Morgan fingerprint density at radius 2 is 2.00 bits per heavy atom. The van der Waals surface area contributed by atoms with E-state index in [1.807, 2.05) is 11.6 Å². The first kappa shape index (κ1) is 23.9. The molecule has 8 nitrogen and oxygen atoms in total. The van der Waals surface area contributed by atoms with Crippen LogP contribution in [0.1, 0.15) is 68.6 Å². The van der Waals surface area contributed by atoms with Gasteiger partial charge in [-0.3, -0.25) is 0 Å². The number of rotatable bonds is 7. The lowest BCUT2D eigenvalue weighted by atomic mass is 9.79. The molecule has 0 aromatic carbocycles. The molecule has 0 unspecified atom stereocenters. The highest BCUT2D eigenvalue weighted by atomic mass is 32.1. The van der Waals surface area contributed by atoms with Gasteiger partial charge in [-0.15, -0.1) is 0 Å². The van der Waals surface area contributed by atoms with Crippen LogP contribution in [0.5, 0.6) is 0 Å². The summed E-state index contributed by atoms with van der Waals surface area (Å²) in [5.74, 6) is 0.351. The molecule has 1 aliphatic heterocycles. The van der Waals surface area contributed by atoms with Gasteiger partial charge in [0.25, 0.3) is 0 Å². The Hall–Kier alpha value is -2.49. The summed E-state index contributed by atoms with van der Waals surface area (Å²) >= 11 is 1.79. The van der Waals surface area contributed by atoms with Gasteiger partial charge in [-0.25, -0.2) is 14.5 Å². The maximum atomic E-state index is 5.79. The van der Waals surface area contributed by atoms with Crippen molar-refractivity contribution in [3.05, 3.63) is 29.2 Å². The minimum atomic E-state index is 0.0888. The number of aryl methyl sites for hydroxylation is 1. The van der Waals surface area contributed by atoms with E-state index in [2.05, 4.69) is 59.2 Å². The van der Waals surface area contributed by atoms with Crippen LogP contribution in [0.3, 0.4) is 0 Å². The standard InChI is InChI=1S/C27H37N7OS/c1-16(2)21-22(20-13-34-24(29-15-30-34)18(4)17(20)3)31-25-23(21)32-26(36-25)33-11-7-19(8-12-33)28-14-27(35-5)9-6-10-27/h13,15-16,19,28,31H,6-12,14H2,1-5H3. The molecule has 0 amide bonds. The number of aromatic amines is 1. The number of hydrogen-bond donors (Lipinski definition) is 2. The Morgan fingerprint density at radius 3 is 2.67 bits per heavy atom. The zero-order valence-electron chi connectivity index (χ0n) is 22.0. The topological polar surface area (TPSA) is 83.4 Å². The summed E-state index contributed by atoms with van der Waals surface area (Å²) < 4.78 is 7.67. The van der Waals surface area contributed by atoms with Gasteiger partial charge in [0.1, 0.15) is 16.7 Å². The van der Waals surface area contributed by atoms with E-state index in [0.717, 1.165) is 64.9 Å². The third-order valence-electron chi connectivity index (χ3n) is 8.53. The van der Waals surface area contributed by atoms with E-state index in [-0.39, 0.29) is 5.60 Å². The average molecular weight is 508 g/mol. The maximum absolute atomic E-state index is 5.79. The van der Waals surface area contributed by atoms with Crippen molar-refractivity contribution >= 4 is 32.5 Å². The molecule has 0 radical (unpaired) electrons. The Kier molecular flexibility index (Phi) is 6.05. The molecule has 36 heavy (non-hydrogen) atoms.